The number of sulfonamides is 1. The molecule has 0 aliphatic rings. The van der Waals surface area contributed by atoms with Gasteiger partial charge in [0.05, 0.1) is 10.6 Å². The van der Waals surface area contributed by atoms with Crippen LogP contribution >= 0.6 is 0 Å². The summed E-state index contributed by atoms with van der Waals surface area (Å²) in [6, 6.07) is 10.2. The smallest absolute Gasteiger partial charge is 0.261 e. The van der Waals surface area contributed by atoms with E-state index in [1.54, 1.807) is 18.2 Å². The van der Waals surface area contributed by atoms with Crippen LogP contribution in [0.15, 0.2) is 41.3 Å². The molecule has 2 aromatic carbocycles. The average Bonchev–Trinajstić information content (AvgIpc) is 2.38. The summed E-state index contributed by atoms with van der Waals surface area (Å²) in [5, 5.41) is 0. The quantitative estimate of drug-likeness (QED) is 0.854. The van der Waals surface area contributed by atoms with Gasteiger partial charge < -0.3 is 5.73 Å². The molecule has 0 aromatic heterocycles. The Bertz CT molecular complexity index is 752. The van der Waals surface area contributed by atoms with E-state index in [0.29, 0.717) is 11.4 Å². The minimum Gasteiger partial charge on any atom is -0.398 e. The van der Waals surface area contributed by atoms with Crippen molar-refractivity contribution < 1.29 is 8.42 Å². The molecule has 2 rings (SSSR count). The Labute approximate surface area is 119 Å². The topological polar surface area (TPSA) is 72.2 Å². The molecule has 4 nitrogen and oxygen atoms in total. The molecule has 20 heavy (non-hydrogen) atoms. The Morgan fingerprint density at radius 2 is 1.70 bits per heavy atom. The summed E-state index contributed by atoms with van der Waals surface area (Å²) in [5.74, 6) is 0. The predicted molar refractivity (Wildman–Crippen MR) is 82.3 cm³/mol. The molecule has 0 fully saturated rings. The van der Waals surface area contributed by atoms with Crippen molar-refractivity contribution in [2.45, 2.75) is 25.7 Å². The summed E-state index contributed by atoms with van der Waals surface area (Å²) < 4.78 is 27.3. The molecule has 0 radical (unpaired) electrons. The van der Waals surface area contributed by atoms with Crippen LogP contribution in [0.5, 0.6) is 0 Å². The van der Waals surface area contributed by atoms with Gasteiger partial charge in [-0.2, -0.15) is 0 Å². The summed E-state index contributed by atoms with van der Waals surface area (Å²) in [6.07, 6.45) is 0. The zero-order valence-electron chi connectivity index (χ0n) is 11.8. The summed E-state index contributed by atoms with van der Waals surface area (Å²) >= 11 is 0. The highest BCUT2D eigenvalue weighted by Gasteiger charge is 2.16. The van der Waals surface area contributed by atoms with Crippen LogP contribution in [0.25, 0.3) is 0 Å². The maximum atomic E-state index is 12.4. The minimum absolute atomic E-state index is 0.168. The van der Waals surface area contributed by atoms with Gasteiger partial charge in [-0.3, -0.25) is 4.72 Å². The molecular formula is C15H18N2O2S. The van der Waals surface area contributed by atoms with Crippen LogP contribution in [-0.4, -0.2) is 8.42 Å². The van der Waals surface area contributed by atoms with Gasteiger partial charge in [0.25, 0.3) is 10.0 Å². The molecule has 2 aromatic rings. The number of hydrogen-bond acceptors (Lipinski definition) is 3. The van der Waals surface area contributed by atoms with E-state index in [0.717, 1.165) is 16.7 Å². The normalized spacial score (nSPS) is 11.3. The van der Waals surface area contributed by atoms with Crippen LogP contribution in [0.2, 0.25) is 0 Å². The molecule has 0 heterocycles. The SMILES string of the molecule is Cc1ccc(S(=O)(=O)Nc2cccc(C)c2C)cc1N. The van der Waals surface area contributed by atoms with E-state index in [4.69, 9.17) is 5.73 Å². The lowest BCUT2D eigenvalue weighted by Crippen LogP contribution is -2.14. The van der Waals surface area contributed by atoms with E-state index >= 15 is 0 Å². The average molecular weight is 290 g/mol. The number of benzene rings is 2. The van der Waals surface area contributed by atoms with Crippen LogP contribution in [0.1, 0.15) is 16.7 Å². The first-order valence-electron chi connectivity index (χ1n) is 6.26. The van der Waals surface area contributed by atoms with Crippen molar-refractivity contribution in [2.24, 2.45) is 0 Å². The van der Waals surface area contributed by atoms with Gasteiger partial charge in [0.15, 0.2) is 0 Å². The van der Waals surface area contributed by atoms with Crippen molar-refractivity contribution in [2.75, 3.05) is 10.5 Å². The second-order valence-electron chi connectivity index (χ2n) is 4.87. The van der Waals surface area contributed by atoms with Crippen molar-refractivity contribution in [3.63, 3.8) is 0 Å². The maximum absolute atomic E-state index is 12.4. The van der Waals surface area contributed by atoms with E-state index < -0.39 is 10.0 Å². The molecule has 0 spiro atoms. The Balaban J connectivity index is 2.41. The zero-order chi connectivity index (χ0) is 14.9. The summed E-state index contributed by atoms with van der Waals surface area (Å²) in [5.41, 5.74) is 9.63. The van der Waals surface area contributed by atoms with Gasteiger partial charge in [-0.15, -0.1) is 0 Å². The fourth-order valence-electron chi connectivity index (χ4n) is 1.85. The maximum Gasteiger partial charge on any atom is 0.261 e. The fraction of sp³-hybridized carbons (Fsp3) is 0.200. The van der Waals surface area contributed by atoms with Gasteiger partial charge in [0, 0.05) is 5.69 Å². The number of aryl methyl sites for hydroxylation is 2. The number of anilines is 2. The Hall–Kier alpha value is -2.01. The summed E-state index contributed by atoms with van der Waals surface area (Å²) in [4.78, 5) is 0.168. The van der Waals surface area contributed by atoms with Gasteiger partial charge in [-0.25, -0.2) is 8.42 Å². The third kappa shape index (κ3) is 2.77. The van der Waals surface area contributed by atoms with E-state index in [9.17, 15) is 8.42 Å². The third-order valence-corrected chi connectivity index (χ3v) is 4.77. The molecule has 0 unspecified atom stereocenters. The molecule has 5 heteroatoms. The molecule has 0 saturated heterocycles. The van der Waals surface area contributed by atoms with E-state index in [-0.39, 0.29) is 4.90 Å². The molecule has 3 N–H and O–H groups in total. The van der Waals surface area contributed by atoms with E-state index in [2.05, 4.69) is 4.72 Å². The predicted octanol–water partition coefficient (Wildman–Crippen LogP) is 2.99. The second kappa shape index (κ2) is 5.17. The molecule has 0 amide bonds. The van der Waals surface area contributed by atoms with Crippen LogP contribution in [0.4, 0.5) is 11.4 Å². The van der Waals surface area contributed by atoms with Crippen LogP contribution in [-0.2, 0) is 10.0 Å². The number of nitrogen functional groups attached to an aromatic ring is 1. The van der Waals surface area contributed by atoms with Gasteiger partial charge in [-0.05, 0) is 55.7 Å². The van der Waals surface area contributed by atoms with Crippen LogP contribution in [0, 0.1) is 20.8 Å². The lowest BCUT2D eigenvalue weighted by molar-refractivity contribution is 0.601. The molecule has 106 valence electrons. The Morgan fingerprint density at radius 3 is 2.35 bits per heavy atom. The Morgan fingerprint density at radius 1 is 1.00 bits per heavy atom. The van der Waals surface area contributed by atoms with Crippen molar-refractivity contribution in [3.05, 3.63) is 53.1 Å². The van der Waals surface area contributed by atoms with Gasteiger partial charge in [0.2, 0.25) is 0 Å². The minimum atomic E-state index is -3.62. The molecular weight excluding hydrogens is 272 g/mol. The molecule has 0 atom stereocenters. The fourth-order valence-corrected chi connectivity index (χ4v) is 3.01. The number of nitrogens with two attached hydrogens (primary N) is 1. The van der Waals surface area contributed by atoms with Gasteiger partial charge in [-0.1, -0.05) is 18.2 Å². The van der Waals surface area contributed by atoms with Crippen molar-refractivity contribution >= 4 is 21.4 Å². The van der Waals surface area contributed by atoms with E-state index in [1.807, 2.05) is 32.9 Å². The number of rotatable bonds is 3. The number of hydrogen-bond donors (Lipinski definition) is 2. The highest BCUT2D eigenvalue weighted by Crippen LogP contribution is 2.23. The highest BCUT2D eigenvalue weighted by molar-refractivity contribution is 7.92. The highest BCUT2D eigenvalue weighted by atomic mass is 32.2. The van der Waals surface area contributed by atoms with Crippen molar-refractivity contribution in [1.82, 2.24) is 0 Å². The lowest BCUT2D eigenvalue weighted by Gasteiger charge is -2.13. The van der Waals surface area contributed by atoms with Crippen molar-refractivity contribution in [1.29, 1.82) is 0 Å². The van der Waals surface area contributed by atoms with Gasteiger partial charge >= 0.3 is 0 Å². The standard InChI is InChI=1S/C15H18N2O2S/c1-10-5-4-6-15(12(10)3)17-20(18,19)13-8-7-11(2)14(16)9-13/h4-9,17H,16H2,1-3H3. The third-order valence-electron chi connectivity index (χ3n) is 3.41. The summed E-state index contributed by atoms with van der Waals surface area (Å²) in [6.45, 7) is 5.66. The number of nitrogens with one attached hydrogen (secondary N) is 1. The lowest BCUT2D eigenvalue weighted by atomic mass is 10.1. The second-order valence-corrected chi connectivity index (χ2v) is 6.55. The molecule has 0 aliphatic heterocycles. The van der Waals surface area contributed by atoms with Crippen molar-refractivity contribution in [3.8, 4) is 0 Å². The first kappa shape index (κ1) is 14.4. The first-order valence-corrected chi connectivity index (χ1v) is 7.75. The van der Waals surface area contributed by atoms with E-state index in [1.165, 1.54) is 6.07 Å². The summed E-state index contributed by atoms with van der Waals surface area (Å²) in [7, 11) is -3.62. The molecule has 0 bridgehead atoms. The molecule has 0 aliphatic carbocycles. The van der Waals surface area contributed by atoms with Crippen LogP contribution in [0.3, 0.4) is 0 Å². The monoisotopic (exact) mass is 290 g/mol. The first-order chi connectivity index (χ1) is 9.31. The van der Waals surface area contributed by atoms with Crippen LogP contribution < -0.4 is 10.5 Å². The Kier molecular flexibility index (Phi) is 3.72. The zero-order valence-corrected chi connectivity index (χ0v) is 12.6. The molecule has 0 saturated carbocycles. The van der Waals surface area contributed by atoms with Gasteiger partial charge in [0.1, 0.15) is 0 Å². The largest absolute Gasteiger partial charge is 0.398 e.